The molecule has 1 aliphatic carbocycles. The molecule has 7 heteroatoms. The lowest BCUT2D eigenvalue weighted by Gasteiger charge is -2.15. The van der Waals surface area contributed by atoms with Crippen LogP contribution in [0.15, 0.2) is 30.6 Å². The Kier molecular flexibility index (Phi) is 3.92. The van der Waals surface area contributed by atoms with Crippen molar-refractivity contribution in [3.05, 3.63) is 36.2 Å². The fourth-order valence-electron chi connectivity index (χ4n) is 2.09. The van der Waals surface area contributed by atoms with Gasteiger partial charge in [0.05, 0.1) is 12.2 Å². The van der Waals surface area contributed by atoms with Crippen LogP contribution in [0.3, 0.4) is 0 Å². The van der Waals surface area contributed by atoms with Gasteiger partial charge in [0.2, 0.25) is 5.91 Å². The van der Waals surface area contributed by atoms with E-state index in [0.29, 0.717) is 12.6 Å². The zero-order valence-corrected chi connectivity index (χ0v) is 11.9. The lowest BCUT2D eigenvalue weighted by atomic mass is 10.1. The molecular weight excluding hydrogens is 268 g/mol. The van der Waals surface area contributed by atoms with E-state index in [1.54, 1.807) is 11.0 Å². The highest BCUT2D eigenvalue weighted by atomic mass is 16.2. The molecule has 110 valence electrons. The van der Waals surface area contributed by atoms with E-state index < -0.39 is 0 Å². The minimum Gasteiger partial charge on any atom is -0.352 e. The minimum atomic E-state index is 0.0565. The Balaban J connectivity index is 1.60. The molecule has 0 aliphatic heterocycles. The number of carbonyl (C=O) groups is 1. The molecule has 1 aromatic carbocycles. The number of benzene rings is 1. The summed E-state index contributed by atoms with van der Waals surface area (Å²) in [4.78, 5) is 11.7. The Bertz CT molecular complexity index is 608. The fourth-order valence-corrected chi connectivity index (χ4v) is 2.09. The van der Waals surface area contributed by atoms with Crippen molar-refractivity contribution in [1.29, 1.82) is 0 Å². The molecule has 1 atom stereocenters. The molecular formula is C14H18N6O. The summed E-state index contributed by atoms with van der Waals surface area (Å²) in [6, 6.07) is 8.39. The molecule has 1 aromatic heterocycles. The SMILES string of the molecule is CC(NCC(=O)NC1CC1)c1cccc(-n2cnnn2)c1. The van der Waals surface area contributed by atoms with E-state index >= 15 is 0 Å². The number of aromatic nitrogens is 4. The monoisotopic (exact) mass is 286 g/mol. The average molecular weight is 286 g/mol. The normalized spacial score (nSPS) is 15.7. The van der Waals surface area contributed by atoms with Gasteiger partial charge in [0.25, 0.3) is 0 Å². The topological polar surface area (TPSA) is 84.7 Å². The van der Waals surface area contributed by atoms with Crippen molar-refractivity contribution in [2.75, 3.05) is 6.54 Å². The van der Waals surface area contributed by atoms with E-state index in [1.807, 2.05) is 31.2 Å². The average Bonchev–Trinajstić information content (AvgIpc) is 3.14. The second kappa shape index (κ2) is 6.01. The van der Waals surface area contributed by atoms with Crippen LogP contribution in [0.1, 0.15) is 31.4 Å². The van der Waals surface area contributed by atoms with Gasteiger partial charge in [0.15, 0.2) is 0 Å². The van der Waals surface area contributed by atoms with E-state index in [1.165, 1.54) is 0 Å². The van der Waals surface area contributed by atoms with E-state index in [2.05, 4.69) is 26.2 Å². The quantitative estimate of drug-likeness (QED) is 0.812. The maximum atomic E-state index is 11.7. The van der Waals surface area contributed by atoms with Gasteiger partial charge in [-0.1, -0.05) is 12.1 Å². The number of amides is 1. The van der Waals surface area contributed by atoms with Crippen molar-refractivity contribution >= 4 is 5.91 Å². The smallest absolute Gasteiger partial charge is 0.234 e. The predicted octanol–water partition coefficient (Wildman–Crippen LogP) is 0.591. The number of nitrogens with zero attached hydrogens (tertiary/aromatic N) is 4. The third-order valence-electron chi connectivity index (χ3n) is 3.50. The number of nitrogens with one attached hydrogen (secondary N) is 2. The minimum absolute atomic E-state index is 0.0565. The first-order valence-electron chi connectivity index (χ1n) is 7.08. The number of tetrazole rings is 1. The summed E-state index contributed by atoms with van der Waals surface area (Å²) < 4.78 is 1.61. The van der Waals surface area contributed by atoms with Gasteiger partial charge in [0, 0.05) is 12.1 Å². The Labute approximate surface area is 122 Å². The molecule has 1 fully saturated rings. The summed E-state index contributed by atoms with van der Waals surface area (Å²) in [6.45, 7) is 2.36. The lowest BCUT2D eigenvalue weighted by Crippen LogP contribution is -2.36. The van der Waals surface area contributed by atoms with Gasteiger partial charge >= 0.3 is 0 Å². The molecule has 7 nitrogen and oxygen atoms in total. The van der Waals surface area contributed by atoms with Crippen LogP contribution in [0.2, 0.25) is 0 Å². The van der Waals surface area contributed by atoms with Gasteiger partial charge in [-0.2, -0.15) is 0 Å². The first-order valence-corrected chi connectivity index (χ1v) is 7.08. The summed E-state index contributed by atoms with van der Waals surface area (Å²) in [5, 5.41) is 17.3. The Morgan fingerprint density at radius 1 is 1.48 bits per heavy atom. The number of hydrogen-bond donors (Lipinski definition) is 2. The van der Waals surface area contributed by atoms with Crippen LogP contribution >= 0.6 is 0 Å². The zero-order chi connectivity index (χ0) is 14.7. The van der Waals surface area contributed by atoms with Crippen LogP contribution in [0, 0.1) is 0 Å². The van der Waals surface area contributed by atoms with Crippen molar-refractivity contribution in [2.45, 2.75) is 31.8 Å². The van der Waals surface area contributed by atoms with Crippen LogP contribution in [0.5, 0.6) is 0 Å². The van der Waals surface area contributed by atoms with Crippen LogP contribution in [0.25, 0.3) is 5.69 Å². The predicted molar refractivity (Wildman–Crippen MR) is 76.7 cm³/mol. The van der Waals surface area contributed by atoms with Crippen molar-refractivity contribution in [3.8, 4) is 5.69 Å². The number of carbonyl (C=O) groups excluding carboxylic acids is 1. The molecule has 2 aromatic rings. The van der Waals surface area contributed by atoms with E-state index in [0.717, 1.165) is 24.1 Å². The molecule has 0 bridgehead atoms. The highest BCUT2D eigenvalue weighted by Gasteiger charge is 2.23. The Morgan fingerprint density at radius 3 is 3.05 bits per heavy atom. The molecule has 1 unspecified atom stereocenters. The first kappa shape index (κ1) is 13.7. The van der Waals surface area contributed by atoms with Crippen LogP contribution in [-0.2, 0) is 4.79 Å². The molecule has 2 N–H and O–H groups in total. The highest BCUT2D eigenvalue weighted by molar-refractivity contribution is 5.78. The fraction of sp³-hybridized carbons (Fsp3) is 0.429. The van der Waals surface area contributed by atoms with E-state index in [4.69, 9.17) is 0 Å². The zero-order valence-electron chi connectivity index (χ0n) is 11.9. The molecule has 1 amide bonds. The molecule has 1 heterocycles. The van der Waals surface area contributed by atoms with Crippen LogP contribution in [0.4, 0.5) is 0 Å². The Morgan fingerprint density at radius 2 is 2.33 bits per heavy atom. The van der Waals surface area contributed by atoms with Gasteiger partial charge in [-0.3, -0.25) is 4.79 Å². The molecule has 1 saturated carbocycles. The standard InChI is InChI=1S/C14H18N6O/c1-10(15-8-14(21)17-12-5-6-12)11-3-2-4-13(7-11)20-9-16-18-19-20/h2-4,7,9-10,12,15H,5-6,8H2,1H3,(H,17,21). The van der Waals surface area contributed by atoms with Crippen molar-refractivity contribution in [3.63, 3.8) is 0 Å². The van der Waals surface area contributed by atoms with Gasteiger partial charge < -0.3 is 10.6 Å². The third-order valence-corrected chi connectivity index (χ3v) is 3.50. The van der Waals surface area contributed by atoms with Gasteiger partial charge in [-0.05, 0) is 47.9 Å². The number of rotatable bonds is 6. The van der Waals surface area contributed by atoms with E-state index in [9.17, 15) is 4.79 Å². The van der Waals surface area contributed by atoms with Crippen molar-refractivity contribution < 1.29 is 4.79 Å². The summed E-state index contributed by atoms with van der Waals surface area (Å²) in [5.41, 5.74) is 1.98. The molecule has 1 aliphatic rings. The van der Waals surface area contributed by atoms with E-state index in [-0.39, 0.29) is 11.9 Å². The largest absolute Gasteiger partial charge is 0.352 e. The molecule has 21 heavy (non-hydrogen) atoms. The summed E-state index contributed by atoms with van der Waals surface area (Å²) in [6.07, 6.45) is 3.77. The lowest BCUT2D eigenvalue weighted by molar-refractivity contribution is -0.120. The van der Waals surface area contributed by atoms with Crippen LogP contribution in [-0.4, -0.2) is 38.7 Å². The molecule has 3 rings (SSSR count). The van der Waals surface area contributed by atoms with Crippen LogP contribution < -0.4 is 10.6 Å². The first-order chi connectivity index (χ1) is 10.2. The maximum Gasteiger partial charge on any atom is 0.234 e. The van der Waals surface area contributed by atoms with Gasteiger partial charge in [0.1, 0.15) is 6.33 Å². The van der Waals surface area contributed by atoms with Crippen molar-refractivity contribution in [1.82, 2.24) is 30.8 Å². The van der Waals surface area contributed by atoms with Crippen molar-refractivity contribution in [2.24, 2.45) is 0 Å². The van der Waals surface area contributed by atoms with Gasteiger partial charge in [-0.15, -0.1) is 5.10 Å². The second-order valence-corrected chi connectivity index (χ2v) is 5.29. The molecule has 0 saturated heterocycles. The third kappa shape index (κ3) is 3.63. The highest BCUT2D eigenvalue weighted by Crippen LogP contribution is 2.18. The second-order valence-electron chi connectivity index (χ2n) is 5.29. The molecule has 0 spiro atoms. The summed E-state index contributed by atoms with van der Waals surface area (Å²) in [7, 11) is 0. The summed E-state index contributed by atoms with van der Waals surface area (Å²) >= 11 is 0. The number of hydrogen-bond acceptors (Lipinski definition) is 5. The Hall–Kier alpha value is -2.28. The van der Waals surface area contributed by atoms with Gasteiger partial charge in [-0.25, -0.2) is 4.68 Å². The maximum absolute atomic E-state index is 11.7. The summed E-state index contributed by atoms with van der Waals surface area (Å²) in [5.74, 6) is 0.0565. The molecule has 0 radical (unpaired) electrons.